The van der Waals surface area contributed by atoms with E-state index < -0.39 is 0 Å². The Morgan fingerprint density at radius 3 is 2.42 bits per heavy atom. The van der Waals surface area contributed by atoms with Crippen molar-refractivity contribution >= 4 is 22.9 Å². The minimum atomic E-state index is -0.0558. The van der Waals surface area contributed by atoms with Gasteiger partial charge in [-0.15, -0.1) is 0 Å². The zero-order chi connectivity index (χ0) is 22.9. The van der Waals surface area contributed by atoms with Gasteiger partial charge in [0.1, 0.15) is 5.52 Å². The molecule has 0 atom stereocenters. The van der Waals surface area contributed by atoms with Crippen molar-refractivity contribution in [1.29, 1.82) is 0 Å². The van der Waals surface area contributed by atoms with Crippen LogP contribution < -0.4 is 10.5 Å². The number of fused-ring (bicyclic) bond motifs is 3. The number of aryl methyl sites for hydroxylation is 3. The second kappa shape index (κ2) is 8.84. The zero-order valence-electron chi connectivity index (χ0n) is 19.0. The van der Waals surface area contributed by atoms with Gasteiger partial charge in [-0.25, -0.2) is 4.52 Å². The van der Waals surface area contributed by atoms with E-state index in [-0.39, 0.29) is 17.2 Å². The number of benzene rings is 1. The minimum absolute atomic E-state index is 0.0558. The lowest BCUT2D eigenvalue weighted by Crippen LogP contribution is -2.49. The van der Waals surface area contributed by atoms with Gasteiger partial charge >= 0.3 is 0 Å². The number of hydrogen-bond donors (Lipinski definition) is 0. The Kier molecular flexibility index (Phi) is 5.74. The number of amides is 1. The maximum absolute atomic E-state index is 13.1. The van der Waals surface area contributed by atoms with Crippen LogP contribution in [0.4, 0.5) is 5.69 Å². The van der Waals surface area contributed by atoms with E-state index in [2.05, 4.69) is 10.00 Å². The monoisotopic (exact) mass is 447 g/mol. The van der Waals surface area contributed by atoms with E-state index >= 15 is 0 Å². The van der Waals surface area contributed by atoms with Crippen LogP contribution in [0, 0.1) is 0 Å². The first-order valence-electron chi connectivity index (χ1n) is 11.7. The molecule has 0 spiro atoms. The lowest BCUT2D eigenvalue weighted by molar-refractivity contribution is -0.131. The largest absolute Gasteiger partial charge is 0.368 e. The lowest BCUT2D eigenvalue weighted by Gasteiger charge is -2.36. The number of aromatic nitrogens is 3. The van der Waals surface area contributed by atoms with Gasteiger partial charge in [0.15, 0.2) is 5.78 Å². The molecule has 5 rings (SSSR count). The number of carbonyl (C=O) groups is 2. The molecule has 0 bridgehead atoms. The van der Waals surface area contributed by atoms with E-state index in [0.717, 1.165) is 55.7 Å². The average Bonchev–Trinajstić information content (AvgIpc) is 3.23. The van der Waals surface area contributed by atoms with Gasteiger partial charge in [0.05, 0.1) is 5.69 Å². The number of carbonyl (C=O) groups excluding carboxylic acids is 2. The van der Waals surface area contributed by atoms with Crippen molar-refractivity contribution in [3.05, 3.63) is 63.8 Å². The first-order valence-corrected chi connectivity index (χ1v) is 11.7. The van der Waals surface area contributed by atoms with Crippen LogP contribution in [0.15, 0.2) is 41.5 Å². The predicted octanol–water partition coefficient (Wildman–Crippen LogP) is 2.32. The highest BCUT2D eigenvalue weighted by molar-refractivity contribution is 5.94. The second-order valence-corrected chi connectivity index (χ2v) is 8.94. The van der Waals surface area contributed by atoms with Crippen molar-refractivity contribution in [2.75, 3.05) is 31.1 Å². The summed E-state index contributed by atoms with van der Waals surface area (Å²) < 4.78 is 3.36. The average molecular weight is 448 g/mol. The summed E-state index contributed by atoms with van der Waals surface area (Å²) in [5, 5.41) is 4.58. The molecule has 1 saturated heterocycles. The Bertz CT molecular complexity index is 1250. The molecule has 33 heavy (non-hydrogen) atoms. The van der Waals surface area contributed by atoms with E-state index in [0.29, 0.717) is 37.1 Å². The summed E-state index contributed by atoms with van der Waals surface area (Å²) in [6, 6.07) is 7.63. The third-order valence-electron chi connectivity index (χ3n) is 6.87. The number of nitrogens with zero attached hydrogens (tertiary/aromatic N) is 5. The molecule has 1 aromatic carbocycles. The molecule has 1 aliphatic carbocycles. The highest BCUT2D eigenvalue weighted by Crippen LogP contribution is 2.23. The number of hydrogen-bond acceptors (Lipinski definition) is 5. The molecule has 3 aromatic rings. The second-order valence-electron chi connectivity index (χ2n) is 8.94. The van der Waals surface area contributed by atoms with Crippen LogP contribution in [-0.2, 0) is 24.2 Å². The molecule has 2 aromatic heterocycles. The molecule has 0 unspecified atom stereocenters. The van der Waals surface area contributed by atoms with E-state index in [1.807, 2.05) is 35.4 Å². The summed E-state index contributed by atoms with van der Waals surface area (Å²) in [7, 11) is 0. The fraction of sp³-hybridized carbons (Fsp3) is 0.440. The molecule has 172 valence electrons. The fourth-order valence-electron chi connectivity index (χ4n) is 4.93. The Morgan fingerprint density at radius 1 is 0.970 bits per heavy atom. The maximum atomic E-state index is 13.1. The van der Waals surface area contributed by atoms with Crippen LogP contribution in [-0.4, -0.2) is 57.0 Å². The highest BCUT2D eigenvalue weighted by Gasteiger charge is 2.23. The van der Waals surface area contributed by atoms with E-state index in [9.17, 15) is 14.4 Å². The van der Waals surface area contributed by atoms with Crippen molar-refractivity contribution in [2.24, 2.45) is 0 Å². The zero-order valence-corrected chi connectivity index (χ0v) is 19.0. The van der Waals surface area contributed by atoms with Gasteiger partial charge in [-0.1, -0.05) is 0 Å². The van der Waals surface area contributed by atoms with Gasteiger partial charge in [0.25, 0.3) is 5.56 Å². The number of Topliss-reactive ketones (excluding diaryl/α,β-unsaturated/α-hetero) is 1. The van der Waals surface area contributed by atoms with Gasteiger partial charge < -0.3 is 14.4 Å². The maximum Gasteiger partial charge on any atom is 0.276 e. The van der Waals surface area contributed by atoms with Gasteiger partial charge in [-0.3, -0.25) is 14.4 Å². The normalized spacial score (nSPS) is 16.2. The molecular formula is C25H29N5O3. The Hall–Kier alpha value is -3.42. The molecule has 1 aliphatic heterocycles. The fourth-order valence-corrected chi connectivity index (χ4v) is 4.93. The molecule has 1 fully saturated rings. The first kappa shape index (κ1) is 21.4. The van der Waals surface area contributed by atoms with Crippen molar-refractivity contribution < 1.29 is 9.59 Å². The van der Waals surface area contributed by atoms with Gasteiger partial charge in [0, 0.05) is 68.4 Å². The summed E-state index contributed by atoms with van der Waals surface area (Å²) >= 11 is 0. The molecule has 8 nitrogen and oxygen atoms in total. The van der Waals surface area contributed by atoms with Crippen LogP contribution in [0.5, 0.6) is 0 Å². The van der Waals surface area contributed by atoms with Crippen LogP contribution in [0.2, 0.25) is 0 Å². The van der Waals surface area contributed by atoms with Crippen molar-refractivity contribution in [1.82, 2.24) is 19.1 Å². The summed E-state index contributed by atoms with van der Waals surface area (Å²) in [4.78, 5) is 41.5. The Morgan fingerprint density at radius 2 is 1.70 bits per heavy atom. The third kappa shape index (κ3) is 4.17. The standard InChI is InChI=1S/C25H29N5O3/c1-18(31)19-6-8-20(9-7-19)27-12-14-28(15-13-27)23(32)10-11-29-16-17-30-24(25(29)33)21-4-2-3-5-22(21)26-30/h6-9,16-17H,2-5,10-15H2,1H3. The third-order valence-corrected chi connectivity index (χ3v) is 6.87. The van der Waals surface area contributed by atoms with Crippen molar-refractivity contribution in [3.63, 3.8) is 0 Å². The predicted molar refractivity (Wildman–Crippen MR) is 126 cm³/mol. The van der Waals surface area contributed by atoms with Crippen LogP contribution in [0.3, 0.4) is 0 Å². The molecule has 0 radical (unpaired) electrons. The Labute approximate surface area is 192 Å². The number of ketones is 1. The van der Waals surface area contributed by atoms with Crippen LogP contribution in [0.1, 0.15) is 47.8 Å². The SMILES string of the molecule is CC(=O)c1ccc(N2CCN(C(=O)CCn3ccn4nc5c(c4c3=O)CCCC5)CC2)cc1. The number of rotatable bonds is 5. The molecule has 0 saturated carbocycles. The van der Waals surface area contributed by atoms with Crippen LogP contribution >= 0.6 is 0 Å². The quantitative estimate of drug-likeness (QED) is 0.561. The molecule has 0 N–H and O–H groups in total. The van der Waals surface area contributed by atoms with E-state index in [1.165, 1.54) is 0 Å². The van der Waals surface area contributed by atoms with Crippen molar-refractivity contribution in [2.45, 2.75) is 45.6 Å². The number of piperazine rings is 1. The van der Waals surface area contributed by atoms with Crippen molar-refractivity contribution in [3.8, 4) is 0 Å². The van der Waals surface area contributed by atoms with Crippen LogP contribution in [0.25, 0.3) is 5.52 Å². The first-order chi connectivity index (χ1) is 16.0. The molecular weight excluding hydrogens is 418 g/mol. The van der Waals surface area contributed by atoms with E-state index in [1.54, 1.807) is 22.2 Å². The molecule has 3 heterocycles. The summed E-state index contributed by atoms with van der Waals surface area (Å²) in [5.74, 6) is 0.132. The van der Waals surface area contributed by atoms with Gasteiger partial charge in [-0.2, -0.15) is 5.10 Å². The smallest absolute Gasteiger partial charge is 0.276 e. The highest BCUT2D eigenvalue weighted by atomic mass is 16.2. The molecule has 2 aliphatic rings. The molecule has 1 amide bonds. The summed E-state index contributed by atoms with van der Waals surface area (Å²) in [6.45, 7) is 4.74. The van der Waals surface area contributed by atoms with Gasteiger partial charge in [0.2, 0.25) is 5.91 Å². The van der Waals surface area contributed by atoms with E-state index in [4.69, 9.17) is 0 Å². The molecule has 8 heteroatoms. The lowest BCUT2D eigenvalue weighted by atomic mass is 9.97. The van der Waals surface area contributed by atoms with Gasteiger partial charge in [-0.05, 0) is 56.9 Å². The minimum Gasteiger partial charge on any atom is -0.368 e. The summed E-state index contributed by atoms with van der Waals surface area (Å²) in [6.07, 6.45) is 7.92. The summed E-state index contributed by atoms with van der Waals surface area (Å²) in [5.41, 5.74) is 4.51. The Balaban J connectivity index is 1.20. The topological polar surface area (TPSA) is 79.9 Å². The number of anilines is 1.